The van der Waals surface area contributed by atoms with Gasteiger partial charge in [0.2, 0.25) is 0 Å². The van der Waals surface area contributed by atoms with Gasteiger partial charge in [0.15, 0.2) is 0 Å². The average Bonchev–Trinajstić information content (AvgIpc) is 2.96. The van der Waals surface area contributed by atoms with Crippen molar-refractivity contribution in [3.8, 4) is 5.75 Å². The van der Waals surface area contributed by atoms with E-state index >= 15 is 0 Å². The summed E-state index contributed by atoms with van der Waals surface area (Å²) in [6, 6.07) is 21.0. The third-order valence-electron chi connectivity index (χ3n) is 7.25. The fourth-order valence-electron chi connectivity index (χ4n) is 5.44. The molecule has 1 aliphatic rings. The quantitative estimate of drug-likeness (QED) is 0.269. The molecule has 0 spiro atoms. The number of likely N-dealkylation sites (tertiary alicyclic amines) is 1. The second-order valence-corrected chi connectivity index (χ2v) is 12.0. The SMILES string of the molecule is Cc1cc(COc2ccc(C(=O)NC3(CC(=O)[AsH]O)CCCN(Cc4ccncc4)C3)cc2)c2ccccc2n1. The molecule has 2 unspecified atom stereocenters. The van der Waals surface area contributed by atoms with Crippen molar-refractivity contribution in [2.75, 3.05) is 13.1 Å². The van der Waals surface area contributed by atoms with Gasteiger partial charge >= 0.3 is 182 Å². The molecule has 5 rings (SSSR count). The van der Waals surface area contributed by atoms with Crippen LogP contribution in [0, 0.1) is 6.92 Å². The zero-order valence-electron chi connectivity index (χ0n) is 22.5. The maximum absolute atomic E-state index is 13.4. The van der Waals surface area contributed by atoms with Gasteiger partial charge in [0.25, 0.3) is 0 Å². The Labute approximate surface area is 240 Å². The summed E-state index contributed by atoms with van der Waals surface area (Å²) in [7, 11) is 0. The number of benzene rings is 2. The first-order chi connectivity index (χ1) is 19.4. The fourth-order valence-corrected chi connectivity index (χ4v) is 6.31. The van der Waals surface area contributed by atoms with Crippen molar-refractivity contribution >= 4 is 37.5 Å². The molecule has 8 nitrogen and oxygen atoms in total. The molecule has 0 bridgehead atoms. The molecule has 2 aromatic heterocycles. The number of piperidine rings is 1. The van der Waals surface area contributed by atoms with Crippen LogP contribution < -0.4 is 10.1 Å². The van der Waals surface area contributed by atoms with E-state index in [0.717, 1.165) is 40.7 Å². The largest absolute Gasteiger partial charge is 0.253 e. The summed E-state index contributed by atoms with van der Waals surface area (Å²) < 4.78 is 15.5. The van der Waals surface area contributed by atoms with Gasteiger partial charge < -0.3 is 0 Å². The van der Waals surface area contributed by atoms with E-state index in [-0.39, 0.29) is 16.9 Å². The van der Waals surface area contributed by atoms with E-state index in [1.165, 1.54) is 0 Å². The van der Waals surface area contributed by atoms with Gasteiger partial charge in [0, 0.05) is 11.1 Å². The monoisotopic (exact) mass is 600 g/mol. The first-order valence-electron chi connectivity index (χ1n) is 13.4. The van der Waals surface area contributed by atoms with Gasteiger partial charge in [-0.25, -0.2) is 0 Å². The molecule has 0 aliphatic carbocycles. The number of para-hydroxylation sites is 1. The molecule has 2 N–H and O–H groups in total. The van der Waals surface area contributed by atoms with Crippen LogP contribution in [0.15, 0.2) is 79.1 Å². The number of amides is 1. The van der Waals surface area contributed by atoms with Crippen molar-refractivity contribution < 1.29 is 18.4 Å². The van der Waals surface area contributed by atoms with Crippen molar-refractivity contribution in [2.24, 2.45) is 0 Å². The summed E-state index contributed by atoms with van der Waals surface area (Å²) in [6.45, 7) is 4.49. The number of rotatable bonds is 10. The van der Waals surface area contributed by atoms with E-state index in [0.29, 0.717) is 37.4 Å². The molecule has 0 saturated carbocycles. The number of hydrogen-bond donors (Lipinski definition) is 2. The Morgan fingerprint density at radius 3 is 2.65 bits per heavy atom. The maximum atomic E-state index is 13.4. The van der Waals surface area contributed by atoms with E-state index in [1.54, 1.807) is 36.7 Å². The molecule has 3 heterocycles. The minimum Gasteiger partial charge on any atom is -0.253 e. The maximum Gasteiger partial charge on any atom is 0.0709 e. The first-order valence-corrected chi connectivity index (χ1v) is 15.4. The molecular weight excluding hydrogens is 567 g/mol. The number of fused-ring (bicyclic) bond motifs is 1. The Morgan fingerprint density at radius 1 is 1.10 bits per heavy atom. The summed E-state index contributed by atoms with van der Waals surface area (Å²) in [5, 5.41) is 4.24. The second kappa shape index (κ2) is 12.7. The molecule has 40 heavy (non-hydrogen) atoms. The van der Waals surface area contributed by atoms with Crippen molar-refractivity contribution in [3.05, 3.63) is 102 Å². The van der Waals surface area contributed by atoms with E-state index < -0.39 is 21.6 Å². The van der Waals surface area contributed by atoms with E-state index in [9.17, 15) is 13.7 Å². The van der Waals surface area contributed by atoms with Crippen molar-refractivity contribution in [1.29, 1.82) is 0 Å². The van der Waals surface area contributed by atoms with E-state index in [2.05, 4.69) is 20.2 Å². The number of carbonyl (C=O) groups is 2. The molecule has 206 valence electrons. The molecule has 2 aromatic carbocycles. The van der Waals surface area contributed by atoms with Crippen LogP contribution >= 0.6 is 0 Å². The molecule has 1 fully saturated rings. The van der Waals surface area contributed by atoms with Crippen LogP contribution in [-0.2, 0) is 17.9 Å². The van der Waals surface area contributed by atoms with Crippen molar-refractivity contribution in [2.45, 2.75) is 44.9 Å². The van der Waals surface area contributed by atoms with Crippen molar-refractivity contribution in [1.82, 2.24) is 20.2 Å². The van der Waals surface area contributed by atoms with Gasteiger partial charge in [-0.3, -0.25) is 4.98 Å². The number of ether oxygens (including phenoxy) is 1. The number of nitrogens with zero attached hydrogens (tertiary/aromatic N) is 3. The summed E-state index contributed by atoms with van der Waals surface area (Å²) in [5.41, 5.74) is 3.83. The van der Waals surface area contributed by atoms with Crippen LogP contribution in [0.2, 0.25) is 0 Å². The van der Waals surface area contributed by atoms with Gasteiger partial charge in [0.05, 0.1) is 5.52 Å². The molecule has 1 aliphatic heterocycles. The van der Waals surface area contributed by atoms with Crippen LogP contribution in [-0.4, -0.2) is 64.2 Å². The van der Waals surface area contributed by atoms with Crippen LogP contribution in [0.4, 0.5) is 0 Å². The standard InChI is InChI=1S/C31H33AsN4O4/c1-22-17-25(27-5-2-3-6-28(27)34-22)20-40-26-9-7-24(8-10-26)30(38)35-31(18-29(37)32-39)13-4-16-36(21-31)19-23-11-14-33-15-12-23/h2-3,5-12,14-15,17,32,39H,4,13,16,18-21H2,1H3,(H,35,38). The summed E-state index contributed by atoms with van der Waals surface area (Å²) in [4.78, 5) is 36.7. The Hall–Kier alpha value is -3.58. The first kappa shape index (κ1) is 28.0. The number of hydrogen-bond acceptors (Lipinski definition) is 7. The van der Waals surface area contributed by atoms with Gasteiger partial charge in [0.1, 0.15) is 0 Å². The number of pyridine rings is 2. The summed E-state index contributed by atoms with van der Waals surface area (Å²) >= 11 is -1.68. The van der Waals surface area contributed by atoms with E-state index in [4.69, 9.17) is 4.74 Å². The topological polar surface area (TPSA) is 105 Å². The van der Waals surface area contributed by atoms with Crippen LogP contribution in [0.25, 0.3) is 10.9 Å². The third kappa shape index (κ3) is 6.94. The molecule has 4 aromatic rings. The Kier molecular flexibility index (Phi) is 8.90. The smallest absolute Gasteiger partial charge is 0.0709 e. The Balaban J connectivity index is 1.26. The van der Waals surface area contributed by atoms with Gasteiger partial charge in [-0.2, -0.15) is 0 Å². The molecule has 1 amide bonds. The fraction of sp³-hybridized carbons (Fsp3) is 0.290. The third-order valence-corrected chi connectivity index (χ3v) is 8.15. The van der Waals surface area contributed by atoms with Crippen LogP contribution in [0.5, 0.6) is 5.75 Å². The van der Waals surface area contributed by atoms with Gasteiger partial charge in [-0.15, -0.1) is 0 Å². The molecule has 1 saturated heterocycles. The Morgan fingerprint density at radius 2 is 1.88 bits per heavy atom. The number of aromatic nitrogens is 2. The average molecular weight is 601 g/mol. The minimum atomic E-state index is -1.68. The number of aryl methyl sites for hydroxylation is 1. The predicted octanol–water partition coefficient (Wildman–Crippen LogP) is 3.54. The molecule has 2 atom stereocenters. The van der Waals surface area contributed by atoms with Crippen LogP contribution in [0.3, 0.4) is 0 Å². The summed E-state index contributed by atoms with van der Waals surface area (Å²) in [5.74, 6) is 0.422. The van der Waals surface area contributed by atoms with Gasteiger partial charge in [-0.05, 0) is 19.1 Å². The van der Waals surface area contributed by atoms with Crippen molar-refractivity contribution in [3.63, 3.8) is 0 Å². The molecular formula is C31H33AsN4O4. The van der Waals surface area contributed by atoms with Gasteiger partial charge in [-0.1, -0.05) is 18.2 Å². The van der Waals surface area contributed by atoms with E-state index in [1.807, 2.05) is 49.4 Å². The summed E-state index contributed by atoms with van der Waals surface area (Å²) in [6.07, 6.45) is 5.21. The zero-order chi connectivity index (χ0) is 28.0. The predicted molar refractivity (Wildman–Crippen MR) is 155 cm³/mol. The number of nitrogens with one attached hydrogen (secondary N) is 1. The minimum absolute atomic E-state index is 0.141. The van der Waals surface area contributed by atoms with Crippen LogP contribution in [0.1, 0.15) is 46.4 Å². The number of carbonyl (C=O) groups excluding carboxylic acids is 2. The second-order valence-electron chi connectivity index (χ2n) is 10.4. The zero-order valence-corrected chi connectivity index (χ0v) is 24.6. The molecule has 0 radical (unpaired) electrons. The normalized spacial score (nSPS) is 17.8. The molecule has 9 heteroatoms. The Bertz CT molecular complexity index is 1480.